The molecule has 3 nitrogen and oxygen atoms in total. The van der Waals surface area contributed by atoms with Crippen molar-refractivity contribution in [2.45, 2.75) is 0 Å². The molecular formula is C15H11FN2O. The number of para-hydroxylation sites is 1. The lowest BCUT2D eigenvalue weighted by Gasteiger charge is -2.07. The summed E-state index contributed by atoms with van der Waals surface area (Å²) in [5, 5.41) is 3.64. The maximum absolute atomic E-state index is 13.1. The summed E-state index contributed by atoms with van der Waals surface area (Å²) in [5.74, 6) is -0.379. The number of aromatic nitrogens is 1. The Hall–Kier alpha value is -2.62. The van der Waals surface area contributed by atoms with Crippen LogP contribution in [0.5, 0.6) is 0 Å². The molecule has 2 aromatic carbocycles. The van der Waals surface area contributed by atoms with Crippen LogP contribution in [0.4, 0.5) is 14.9 Å². The van der Waals surface area contributed by atoms with Gasteiger partial charge in [0.2, 0.25) is 0 Å². The Morgan fingerprint density at radius 3 is 2.74 bits per heavy atom. The summed E-state index contributed by atoms with van der Waals surface area (Å²) in [5.41, 5.74) is 1.25. The number of anilines is 1. The molecule has 0 atom stereocenters. The third kappa shape index (κ3) is 2.20. The summed E-state index contributed by atoms with van der Waals surface area (Å²) < 4.78 is 14.6. The van der Waals surface area contributed by atoms with E-state index in [4.69, 9.17) is 0 Å². The van der Waals surface area contributed by atoms with E-state index >= 15 is 0 Å². The topological polar surface area (TPSA) is 34.0 Å². The molecule has 0 bridgehead atoms. The summed E-state index contributed by atoms with van der Waals surface area (Å²) in [7, 11) is 0. The first-order valence-corrected chi connectivity index (χ1v) is 5.87. The van der Waals surface area contributed by atoms with Crippen molar-refractivity contribution >= 4 is 22.6 Å². The van der Waals surface area contributed by atoms with Gasteiger partial charge in [0, 0.05) is 17.3 Å². The Balaban J connectivity index is 1.92. The van der Waals surface area contributed by atoms with E-state index in [0.717, 1.165) is 10.9 Å². The molecule has 1 heterocycles. The van der Waals surface area contributed by atoms with Gasteiger partial charge in [-0.2, -0.15) is 0 Å². The number of hydrogen-bond donors (Lipinski definition) is 1. The van der Waals surface area contributed by atoms with Crippen LogP contribution >= 0.6 is 0 Å². The van der Waals surface area contributed by atoms with Crippen LogP contribution in [0.25, 0.3) is 10.9 Å². The highest BCUT2D eigenvalue weighted by atomic mass is 19.1. The quantitative estimate of drug-likeness (QED) is 0.703. The van der Waals surface area contributed by atoms with E-state index in [1.54, 1.807) is 18.3 Å². The van der Waals surface area contributed by atoms with Gasteiger partial charge in [-0.3, -0.25) is 4.57 Å². The van der Waals surface area contributed by atoms with Crippen molar-refractivity contribution in [2.24, 2.45) is 0 Å². The Morgan fingerprint density at radius 1 is 1.05 bits per heavy atom. The van der Waals surface area contributed by atoms with Crippen LogP contribution < -0.4 is 5.32 Å². The van der Waals surface area contributed by atoms with Gasteiger partial charge in [-0.15, -0.1) is 0 Å². The van der Waals surface area contributed by atoms with E-state index in [1.165, 1.54) is 16.7 Å². The fourth-order valence-electron chi connectivity index (χ4n) is 2.01. The summed E-state index contributed by atoms with van der Waals surface area (Å²) in [6, 6.07) is 14.9. The monoisotopic (exact) mass is 254 g/mol. The van der Waals surface area contributed by atoms with Crippen LogP contribution in [0, 0.1) is 5.82 Å². The zero-order valence-corrected chi connectivity index (χ0v) is 10.0. The lowest BCUT2D eigenvalue weighted by molar-refractivity contribution is 0.254. The van der Waals surface area contributed by atoms with E-state index in [2.05, 4.69) is 5.32 Å². The second kappa shape index (κ2) is 4.57. The van der Waals surface area contributed by atoms with Crippen molar-refractivity contribution in [2.75, 3.05) is 5.32 Å². The molecule has 3 rings (SSSR count). The number of nitrogens with zero attached hydrogens (tertiary/aromatic N) is 1. The van der Waals surface area contributed by atoms with E-state index in [-0.39, 0.29) is 11.8 Å². The first-order valence-electron chi connectivity index (χ1n) is 5.87. The highest BCUT2D eigenvalue weighted by Crippen LogP contribution is 2.16. The van der Waals surface area contributed by atoms with Crippen LogP contribution in [0.2, 0.25) is 0 Å². The fraction of sp³-hybridized carbons (Fsp3) is 0. The van der Waals surface area contributed by atoms with Crippen molar-refractivity contribution in [3.63, 3.8) is 0 Å². The molecule has 19 heavy (non-hydrogen) atoms. The number of halogens is 1. The maximum Gasteiger partial charge on any atom is 0.330 e. The number of amides is 1. The SMILES string of the molecule is O=C(Nc1cccc(F)c1)n1ccc2ccccc21. The third-order valence-electron chi connectivity index (χ3n) is 2.89. The van der Waals surface area contributed by atoms with Crippen molar-refractivity contribution in [3.8, 4) is 0 Å². The molecule has 4 heteroatoms. The molecule has 1 aromatic heterocycles. The van der Waals surface area contributed by atoms with Crippen LogP contribution in [0.3, 0.4) is 0 Å². The lowest BCUT2D eigenvalue weighted by Crippen LogP contribution is -2.18. The average molecular weight is 254 g/mol. The van der Waals surface area contributed by atoms with E-state index in [0.29, 0.717) is 5.69 Å². The minimum Gasteiger partial charge on any atom is -0.307 e. The van der Waals surface area contributed by atoms with Crippen molar-refractivity contribution in [1.29, 1.82) is 0 Å². The van der Waals surface area contributed by atoms with Crippen LogP contribution in [0.1, 0.15) is 0 Å². The molecule has 0 saturated carbocycles. The van der Waals surface area contributed by atoms with Crippen LogP contribution in [-0.2, 0) is 0 Å². The molecule has 0 radical (unpaired) electrons. The molecule has 1 N–H and O–H groups in total. The molecule has 0 spiro atoms. The van der Waals surface area contributed by atoms with Crippen LogP contribution in [-0.4, -0.2) is 10.6 Å². The molecule has 3 aromatic rings. The fourth-order valence-corrected chi connectivity index (χ4v) is 2.01. The lowest BCUT2D eigenvalue weighted by atomic mass is 10.2. The summed E-state index contributed by atoms with van der Waals surface area (Å²) in [4.78, 5) is 12.1. The predicted molar refractivity (Wildman–Crippen MR) is 72.8 cm³/mol. The summed E-state index contributed by atoms with van der Waals surface area (Å²) >= 11 is 0. The Bertz CT molecular complexity index is 748. The second-order valence-electron chi connectivity index (χ2n) is 4.19. The number of rotatable bonds is 1. The summed E-state index contributed by atoms with van der Waals surface area (Å²) in [6.07, 6.45) is 1.69. The van der Waals surface area contributed by atoms with E-state index in [1.807, 2.05) is 30.3 Å². The Morgan fingerprint density at radius 2 is 1.89 bits per heavy atom. The van der Waals surface area contributed by atoms with Crippen molar-refractivity contribution in [1.82, 2.24) is 4.57 Å². The van der Waals surface area contributed by atoms with E-state index < -0.39 is 0 Å². The van der Waals surface area contributed by atoms with Gasteiger partial charge in [-0.25, -0.2) is 9.18 Å². The smallest absolute Gasteiger partial charge is 0.307 e. The van der Waals surface area contributed by atoms with Crippen molar-refractivity contribution in [3.05, 3.63) is 66.6 Å². The third-order valence-corrected chi connectivity index (χ3v) is 2.89. The number of benzene rings is 2. The van der Waals surface area contributed by atoms with E-state index in [9.17, 15) is 9.18 Å². The Labute approximate surface area is 109 Å². The number of carbonyl (C=O) groups is 1. The zero-order valence-electron chi connectivity index (χ0n) is 10.0. The number of nitrogens with one attached hydrogen (secondary N) is 1. The molecule has 0 fully saturated rings. The predicted octanol–water partition coefficient (Wildman–Crippen LogP) is 3.86. The minimum atomic E-state index is -0.379. The van der Waals surface area contributed by atoms with Gasteiger partial charge < -0.3 is 5.32 Å². The highest BCUT2D eigenvalue weighted by molar-refractivity contribution is 5.98. The number of carbonyl (C=O) groups excluding carboxylic acids is 1. The molecule has 0 aliphatic heterocycles. The zero-order chi connectivity index (χ0) is 13.2. The normalized spacial score (nSPS) is 10.6. The molecule has 0 unspecified atom stereocenters. The van der Waals surface area contributed by atoms with Crippen molar-refractivity contribution < 1.29 is 9.18 Å². The first-order chi connectivity index (χ1) is 9.24. The van der Waals surface area contributed by atoms with Gasteiger partial charge in [0.05, 0.1) is 5.52 Å². The Kier molecular flexibility index (Phi) is 2.76. The highest BCUT2D eigenvalue weighted by Gasteiger charge is 2.08. The number of fused-ring (bicyclic) bond motifs is 1. The van der Waals surface area contributed by atoms with Gasteiger partial charge in [0.15, 0.2) is 0 Å². The maximum atomic E-state index is 13.1. The van der Waals surface area contributed by atoms with Gasteiger partial charge in [0.1, 0.15) is 5.82 Å². The second-order valence-corrected chi connectivity index (χ2v) is 4.19. The number of hydrogen-bond acceptors (Lipinski definition) is 1. The minimum absolute atomic E-state index is 0.313. The van der Waals surface area contributed by atoms with Gasteiger partial charge >= 0.3 is 6.03 Å². The molecule has 0 saturated heterocycles. The molecule has 0 aliphatic rings. The molecular weight excluding hydrogens is 243 g/mol. The largest absolute Gasteiger partial charge is 0.330 e. The standard InChI is InChI=1S/C15H11FN2O/c16-12-5-3-6-13(10-12)17-15(19)18-9-8-11-4-1-2-7-14(11)18/h1-10H,(H,17,19). The van der Waals surface area contributed by atoms with Gasteiger partial charge in [-0.05, 0) is 30.3 Å². The molecule has 0 aliphatic carbocycles. The average Bonchev–Trinajstić information content (AvgIpc) is 2.82. The first kappa shape index (κ1) is 11.5. The van der Waals surface area contributed by atoms with Gasteiger partial charge in [0.25, 0.3) is 0 Å². The molecule has 94 valence electrons. The molecule has 1 amide bonds. The van der Waals surface area contributed by atoms with Gasteiger partial charge in [-0.1, -0.05) is 24.3 Å². The summed E-state index contributed by atoms with van der Waals surface area (Å²) in [6.45, 7) is 0. The van der Waals surface area contributed by atoms with Crippen LogP contribution in [0.15, 0.2) is 60.8 Å².